The van der Waals surface area contributed by atoms with Crippen LogP contribution in [0.4, 0.5) is 0 Å². The molecule has 4 rings (SSSR count). The van der Waals surface area contributed by atoms with Crippen molar-refractivity contribution >= 4 is 11.6 Å². The summed E-state index contributed by atoms with van der Waals surface area (Å²) in [7, 11) is 3.63. The Bertz CT molecular complexity index is 962. The predicted octanol–water partition coefficient (Wildman–Crippen LogP) is 2.32. The molecule has 0 aliphatic heterocycles. The van der Waals surface area contributed by atoms with E-state index in [1.165, 1.54) is 0 Å². The van der Waals surface area contributed by atoms with E-state index in [1.54, 1.807) is 13.0 Å². The van der Waals surface area contributed by atoms with Gasteiger partial charge in [0.05, 0.1) is 6.04 Å². The van der Waals surface area contributed by atoms with Crippen LogP contribution in [0.5, 0.6) is 5.88 Å². The third-order valence-corrected chi connectivity index (χ3v) is 5.60. The van der Waals surface area contributed by atoms with Crippen LogP contribution in [0.1, 0.15) is 41.1 Å². The predicted molar refractivity (Wildman–Crippen MR) is 99.9 cm³/mol. The van der Waals surface area contributed by atoms with Crippen molar-refractivity contribution in [3.63, 3.8) is 0 Å². The molecule has 1 N–H and O–H groups in total. The monoisotopic (exact) mass is 382 g/mol. The number of hydrogen-bond donors (Lipinski definition) is 1. The molecule has 0 amide bonds. The first-order chi connectivity index (χ1) is 13.4. The van der Waals surface area contributed by atoms with Gasteiger partial charge in [0.2, 0.25) is 5.78 Å². The van der Waals surface area contributed by atoms with Gasteiger partial charge < -0.3 is 14.4 Å². The minimum atomic E-state index is -2.14. The van der Waals surface area contributed by atoms with E-state index in [2.05, 4.69) is 5.16 Å². The molecule has 28 heavy (non-hydrogen) atoms. The van der Waals surface area contributed by atoms with Gasteiger partial charge in [0.1, 0.15) is 12.2 Å². The van der Waals surface area contributed by atoms with Gasteiger partial charge in [-0.2, -0.15) is 0 Å². The van der Waals surface area contributed by atoms with Gasteiger partial charge in [-0.05, 0) is 43.7 Å². The van der Waals surface area contributed by atoms with Crippen LogP contribution in [-0.4, -0.2) is 46.4 Å². The first-order valence-electron chi connectivity index (χ1n) is 9.17. The zero-order valence-corrected chi connectivity index (χ0v) is 16.0. The lowest BCUT2D eigenvalue weighted by molar-refractivity contribution is -0.138. The second-order valence-electron chi connectivity index (χ2n) is 7.56. The zero-order valence-electron chi connectivity index (χ0n) is 16.0. The molecule has 2 aliphatic carbocycles. The van der Waals surface area contributed by atoms with Gasteiger partial charge in [-0.1, -0.05) is 36.4 Å². The Morgan fingerprint density at radius 2 is 1.96 bits per heavy atom. The van der Waals surface area contributed by atoms with Crippen LogP contribution in [0.3, 0.4) is 0 Å². The largest absolute Gasteiger partial charge is 0.470 e. The molecular formula is C21H22N2O5. The van der Waals surface area contributed by atoms with E-state index < -0.39 is 29.1 Å². The second kappa shape index (κ2) is 6.68. The number of aliphatic hydroxyl groups is 1. The Hall–Kier alpha value is -2.77. The zero-order chi connectivity index (χ0) is 20.1. The van der Waals surface area contributed by atoms with Crippen LogP contribution in [0.2, 0.25) is 0 Å². The van der Waals surface area contributed by atoms with Gasteiger partial charge >= 0.3 is 0 Å². The van der Waals surface area contributed by atoms with Crippen LogP contribution in [-0.2, 0) is 11.4 Å². The average molecular weight is 382 g/mol. The summed E-state index contributed by atoms with van der Waals surface area (Å²) >= 11 is 0. The van der Waals surface area contributed by atoms with E-state index in [1.807, 2.05) is 49.3 Å². The molecule has 0 fully saturated rings. The molecule has 0 saturated heterocycles. The van der Waals surface area contributed by atoms with E-state index in [9.17, 15) is 14.7 Å². The Kier molecular flexibility index (Phi) is 4.44. The molecule has 0 spiro atoms. The normalized spacial score (nSPS) is 26.7. The molecule has 1 aromatic carbocycles. The molecule has 7 nitrogen and oxygen atoms in total. The second-order valence-corrected chi connectivity index (χ2v) is 7.56. The van der Waals surface area contributed by atoms with Crippen molar-refractivity contribution in [1.82, 2.24) is 10.1 Å². The maximum atomic E-state index is 13.3. The van der Waals surface area contributed by atoms with Crippen LogP contribution in [0, 0.1) is 5.92 Å². The lowest BCUT2D eigenvalue weighted by Crippen LogP contribution is -2.60. The quantitative estimate of drug-likeness (QED) is 0.811. The Morgan fingerprint density at radius 1 is 1.25 bits per heavy atom. The van der Waals surface area contributed by atoms with Gasteiger partial charge in [0.25, 0.3) is 5.88 Å². The number of ether oxygens (including phenoxy) is 1. The van der Waals surface area contributed by atoms with Crippen LogP contribution in [0.25, 0.3) is 0 Å². The van der Waals surface area contributed by atoms with Crippen molar-refractivity contribution in [1.29, 1.82) is 0 Å². The highest BCUT2D eigenvalue weighted by Gasteiger charge is 2.61. The Balaban J connectivity index is 1.77. The molecule has 0 bridgehead atoms. The summed E-state index contributed by atoms with van der Waals surface area (Å²) in [6, 6.07) is 8.96. The van der Waals surface area contributed by atoms with Crippen molar-refractivity contribution in [2.75, 3.05) is 14.1 Å². The van der Waals surface area contributed by atoms with Gasteiger partial charge in [-0.15, -0.1) is 0 Å². The number of fused-ring (bicyclic) bond motifs is 2. The molecule has 0 radical (unpaired) electrons. The summed E-state index contributed by atoms with van der Waals surface area (Å²) in [5.74, 6) is -1.58. The van der Waals surface area contributed by atoms with Gasteiger partial charge in [-0.25, -0.2) is 0 Å². The van der Waals surface area contributed by atoms with Crippen molar-refractivity contribution in [3.8, 4) is 5.88 Å². The maximum absolute atomic E-state index is 13.3. The minimum Gasteiger partial charge on any atom is -0.470 e. The summed E-state index contributed by atoms with van der Waals surface area (Å²) in [6.45, 7) is 1.80. The fraction of sp³-hybridized carbons (Fsp3) is 0.381. The number of nitrogens with zero attached hydrogens (tertiary/aromatic N) is 2. The number of Topliss-reactive ketones (excluding diaryl/α,β-unsaturated/α-hetero) is 2. The fourth-order valence-corrected chi connectivity index (χ4v) is 4.16. The highest BCUT2D eigenvalue weighted by molar-refractivity contribution is 6.24. The summed E-state index contributed by atoms with van der Waals surface area (Å²) < 4.78 is 11.2. The number of benzene rings is 1. The third-order valence-electron chi connectivity index (χ3n) is 5.60. The number of rotatable bonds is 4. The number of allylic oxidation sites excluding steroid dienone is 1. The van der Waals surface area contributed by atoms with Crippen LogP contribution < -0.4 is 4.74 Å². The third kappa shape index (κ3) is 2.62. The van der Waals surface area contributed by atoms with E-state index in [0.717, 1.165) is 5.56 Å². The molecule has 2 aromatic rings. The van der Waals surface area contributed by atoms with Crippen LogP contribution in [0.15, 0.2) is 46.5 Å². The highest BCUT2D eigenvalue weighted by atomic mass is 16.5. The number of carbonyl (C=O) groups is 2. The van der Waals surface area contributed by atoms with E-state index in [4.69, 9.17) is 9.26 Å². The molecule has 0 unspecified atom stereocenters. The maximum Gasteiger partial charge on any atom is 0.265 e. The molecule has 3 atom stereocenters. The average Bonchev–Trinajstić information content (AvgIpc) is 3.10. The number of carbonyl (C=O) groups excluding carboxylic acids is 2. The van der Waals surface area contributed by atoms with Gasteiger partial charge in [0, 0.05) is 5.92 Å². The summed E-state index contributed by atoms with van der Waals surface area (Å²) in [5.41, 5.74) is -0.805. The van der Waals surface area contributed by atoms with Gasteiger partial charge in [-0.3, -0.25) is 14.5 Å². The number of aromatic nitrogens is 1. The molecule has 146 valence electrons. The standard InChI is InChI=1S/C21H22N2O5/c1-12-9-10-14-16(23(2)3)17-15(19(25)21(14,26)18(12)24)20(22-28-17)27-11-13-7-5-4-6-8-13/h4-9,14,16,26H,10-11H2,1-3H3/t14-,16-,21-/m0/s1. The highest BCUT2D eigenvalue weighted by Crippen LogP contribution is 2.50. The van der Waals surface area contributed by atoms with Crippen LogP contribution >= 0.6 is 0 Å². The smallest absolute Gasteiger partial charge is 0.265 e. The number of ketones is 2. The molecule has 7 heteroatoms. The number of hydrogen-bond acceptors (Lipinski definition) is 7. The van der Waals surface area contributed by atoms with Crippen molar-refractivity contribution < 1.29 is 24.0 Å². The first kappa shape index (κ1) is 18.6. The minimum absolute atomic E-state index is 0.00239. The first-order valence-corrected chi connectivity index (χ1v) is 9.17. The molecule has 0 saturated carbocycles. The lowest BCUT2D eigenvalue weighted by atomic mass is 9.63. The summed E-state index contributed by atoms with van der Waals surface area (Å²) in [4.78, 5) is 28.0. The van der Waals surface area contributed by atoms with Crippen molar-refractivity contribution in [2.24, 2.45) is 5.92 Å². The molecular weight excluding hydrogens is 360 g/mol. The Morgan fingerprint density at radius 3 is 2.64 bits per heavy atom. The molecule has 2 aliphatic rings. The van der Waals surface area contributed by atoms with E-state index in [0.29, 0.717) is 17.8 Å². The van der Waals surface area contributed by atoms with Crippen molar-refractivity contribution in [2.45, 2.75) is 31.6 Å². The summed E-state index contributed by atoms with van der Waals surface area (Å²) in [6.07, 6.45) is 2.16. The topological polar surface area (TPSA) is 92.9 Å². The molecule has 1 aromatic heterocycles. The Labute approximate surface area is 162 Å². The van der Waals surface area contributed by atoms with Crippen molar-refractivity contribution in [3.05, 3.63) is 58.9 Å². The molecule has 1 heterocycles. The fourth-order valence-electron chi connectivity index (χ4n) is 4.16. The summed E-state index contributed by atoms with van der Waals surface area (Å²) in [5, 5.41) is 15.2. The van der Waals surface area contributed by atoms with Gasteiger partial charge in [0.15, 0.2) is 17.1 Å². The van der Waals surface area contributed by atoms with E-state index in [-0.39, 0.29) is 18.1 Å². The lowest BCUT2D eigenvalue weighted by Gasteiger charge is -2.44. The SMILES string of the molecule is CC1=CC[C@H]2[C@H](N(C)C)c3onc(OCc4ccccc4)c3C(=O)[C@@]2(O)C1=O. The van der Waals surface area contributed by atoms with E-state index >= 15 is 0 Å².